The Balaban J connectivity index is 1.36. The van der Waals surface area contributed by atoms with E-state index in [1.807, 2.05) is 18.2 Å². The molecule has 6 nitrogen and oxygen atoms in total. The Hall–Kier alpha value is -2.57. The fourth-order valence-corrected chi connectivity index (χ4v) is 3.63. The van der Waals surface area contributed by atoms with Crippen molar-refractivity contribution in [1.82, 2.24) is 14.3 Å². The van der Waals surface area contributed by atoms with E-state index in [1.54, 1.807) is 39.9 Å². The van der Waals surface area contributed by atoms with Gasteiger partial charge >= 0.3 is 5.97 Å². The van der Waals surface area contributed by atoms with Gasteiger partial charge in [0.15, 0.2) is 0 Å². The number of carbonyl (C=O) groups is 2. The first-order valence-electron chi connectivity index (χ1n) is 8.80. The van der Waals surface area contributed by atoms with Crippen molar-refractivity contribution in [3.05, 3.63) is 70.1 Å². The third kappa shape index (κ3) is 3.98. The van der Waals surface area contributed by atoms with Crippen LogP contribution in [0.5, 0.6) is 0 Å². The maximum atomic E-state index is 12.4. The summed E-state index contributed by atoms with van der Waals surface area (Å²) in [7, 11) is 0. The lowest BCUT2D eigenvalue weighted by Crippen LogP contribution is -2.26. The Labute approximate surface area is 171 Å². The first-order chi connectivity index (χ1) is 13.5. The molecule has 8 heteroatoms. The average molecular weight is 418 g/mol. The monoisotopic (exact) mass is 417 g/mol. The molecule has 1 fully saturated rings. The number of hydrogen-bond donors (Lipinski definition) is 0. The van der Waals surface area contributed by atoms with Crippen LogP contribution in [0.15, 0.2) is 48.8 Å². The van der Waals surface area contributed by atoms with Crippen molar-refractivity contribution in [1.29, 1.82) is 0 Å². The van der Waals surface area contributed by atoms with Crippen LogP contribution in [0.3, 0.4) is 0 Å². The van der Waals surface area contributed by atoms with Crippen LogP contribution in [0.2, 0.25) is 10.0 Å². The number of nitrogens with zero attached hydrogens (tertiary/aromatic N) is 3. The number of fused-ring (bicyclic) bond motifs is 1. The van der Waals surface area contributed by atoms with Gasteiger partial charge in [0.2, 0.25) is 5.91 Å². The lowest BCUT2D eigenvalue weighted by Gasteiger charge is -2.17. The molecule has 0 saturated carbocycles. The fourth-order valence-electron chi connectivity index (χ4n) is 3.26. The molecule has 144 valence electrons. The molecule has 1 aliphatic heterocycles. The van der Waals surface area contributed by atoms with E-state index in [9.17, 15) is 9.59 Å². The molecule has 4 rings (SSSR count). The van der Waals surface area contributed by atoms with Crippen LogP contribution in [-0.4, -0.2) is 32.7 Å². The Morgan fingerprint density at radius 3 is 2.82 bits per heavy atom. The van der Waals surface area contributed by atoms with Crippen LogP contribution in [-0.2, 0) is 27.5 Å². The zero-order valence-corrected chi connectivity index (χ0v) is 16.4. The standard InChI is InChI=1S/C20H17Cl2N3O3/c21-15-5-6-18-23-16(11-24(18)10-15)12-28-20(27)14-7-19(26)25(9-14)8-13-3-1-2-4-17(13)22/h1-6,10-11,14H,7-9,12H2/t14-/m0/s1. The number of esters is 1. The second kappa shape index (κ2) is 7.81. The van der Waals surface area contributed by atoms with Crippen LogP contribution in [0.1, 0.15) is 17.7 Å². The number of aromatic nitrogens is 2. The molecule has 2 aromatic heterocycles. The van der Waals surface area contributed by atoms with Gasteiger partial charge in [-0.3, -0.25) is 9.59 Å². The summed E-state index contributed by atoms with van der Waals surface area (Å²) in [6, 6.07) is 10.9. The highest BCUT2D eigenvalue weighted by atomic mass is 35.5. The molecule has 0 bridgehead atoms. The van der Waals surface area contributed by atoms with E-state index in [-0.39, 0.29) is 18.9 Å². The van der Waals surface area contributed by atoms with Gasteiger partial charge in [0.25, 0.3) is 0 Å². The van der Waals surface area contributed by atoms with E-state index in [0.29, 0.717) is 28.8 Å². The van der Waals surface area contributed by atoms with E-state index < -0.39 is 11.9 Å². The summed E-state index contributed by atoms with van der Waals surface area (Å²) in [4.78, 5) is 30.7. The number of hydrogen-bond acceptors (Lipinski definition) is 4. The highest BCUT2D eigenvalue weighted by Crippen LogP contribution is 2.24. The fraction of sp³-hybridized carbons (Fsp3) is 0.250. The van der Waals surface area contributed by atoms with Crippen molar-refractivity contribution < 1.29 is 14.3 Å². The van der Waals surface area contributed by atoms with Crippen LogP contribution in [0.25, 0.3) is 5.65 Å². The van der Waals surface area contributed by atoms with Crippen molar-refractivity contribution in [3.63, 3.8) is 0 Å². The lowest BCUT2D eigenvalue weighted by molar-refractivity contribution is -0.149. The number of rotatable bonds is 5. The van der Waals surface area contributed by atoms with Crippen molar-refractivity contribution in [2.75, 3.05) is 6.54 Å². The molecular weight excluding hydrogens is 401 g/mol. The number of likely N-dealkylation sites (tertiary alicyclic amines) is 1. The molecule has 1 aromatic carbocycles. The highest BCUT2D eigenvalue weighted by Gasteiger charge is 2.35. The molecule has 1 aliphatic rings. The van der Waals surface area contributed by atoms with Crippen molar-refractivity contribution in [2.45, 2.75) is 19.6 Å². The predicted octanol–water partition coefficient (Wildman–Crippen LogP) is 3.73. The molecule has 0 radical (unpaired) electrons. The van der Waals surface area contributed by atoms with E-state index in [2.05, 4.69) is 4.98 Å². The van der Waals surface area contributed by atoms with Gasteiger partial charge in [0, 0.05) is 36.9 Å². The zero-order valence-electron chi connectivity index (χ0n) is 14.8. The minimum atomic E-state index is -0.485. The number of pyridine rings is 1. The van der Waals surface area contributed by atoms with Crippen molar-refractivity contribution >= 4 is 40.7 Å². The lowest BCUT2D eigenvalue weighted by atomic mass is 10.1. The number of imidazole rings is 1. The Morgan fingerprint density at radius 1 is 1.18 bits per heavy atom. The summed E-state index contributed by atoms with van der Waals surface area (Å²) in [6.45, 7) is 0.756. The SMILES string of the molecule is O=C(OCc1cn2cc(Cl)ccc2n1)[C@H]1CC(=O)N(Cc2ccccc2Cl)C1. The highest BCUT2D eigenvalue weighted by molar-refractivity contribution is 6.31. The van der Waals surface area contributed by atoms with E-state index in [1.165, 1.54) is 0 Å². The molecule has 0 aliphatic carbocycles. The molecular formula is C20H17Cl2N3O3. The second-order valence-electron chi connectivity index (χ2n) is 6.72. The number of ether oxygens (including phenoxy) is 1. The summed E-state index contributed by atoms with van der Waals surface area (Å²) < 4.78 is 7.16. The Morgan fingerprint density at radius 2 is 2.00 bits per heavy atom. The van der Waals surface area contributed by atoms with Crippen LogP contribution in [0, 0.1) is 5.92 Å². The third-order valence-electron chi connectivity index (χ3n) is 4.69. The number of amides is 1. The number of benzene rings is 1. The maximum Gasteiger partial charge on any atom is 0.311 e. The van der Waals surface area contributed by atoms with Gasteiger partial charge in [-0.1, -0.05) is 41.4 Å². The quantitative estimate of drug-likeness (QED) is 0.593. The van der Waals surface area contributed by atoms with Gasteiger partial charge < -0.3 is 14.0 Å². The minimum absolute atomic E-state index is 0.0489. The smallest absolute Gasteiger partial charge is 0.311 e. The van der Waals surface area contributed by atoms with E-state index in [0.717, 1.165) is 11.2 Å². The molecule has 0 unspecified atom stereocenters. The molecule has 1 atom stereocenters. The van der Waals surface area contributed by atoms with Crippen LogP contribution in [0.4, 0.5) is 0 Å². The summed E-state index contributed by atoms with van der Waals surface area (Å²) in [6.07, 6.45) is 3.64. The first kappa shape index (κ1) is 18.8. The second-order valence-corrected chi connectivity index (χ2v) is 7.56. The molecule has 1 amide bonds. The molecule has 28 heavy (non-hydrogen) atoms. The topological polar surface area (TPSA) is 63.9 Å². The minimum Gasteiger partial charge on any atom is -0.459 e. The normalized spacial score (nSPS) is 16.7. The first-order valence-corrected chi connectivity index (χ1v) is 9.56. The Kier molecular flexibility index (Phi) is 5.24. The number of halogens is 2. The maximum absolute atomic E-state index is 12.4. The molecule has 3 heterocycles. The summed E-state index contributed by atoms with van der Waals surface area (Å²) in [5.74, 6) is -0.962. The number of carbonyl (C=O) groups excluding carboxylic acids is 2. The third-order valence-corrected chi connectivity index (χ3v) is 5.29. The van der Waals surface area contributed by atoms with Gasteiger partial charge in [-0.2, -0.15) is 0 Å². The van der Waals surface area contributed by atoms with Crippen molar-refractivity contribution in [2.24, 2.45) is 5.92 Å². The molecule has 0 spiro atoms. The summed E-state index contributed by atoms with van der Waals surface area (Å²) >= 11 is 12.1. The van der Waals surface area contributed by atoms with Crippen molar-refractivity contribution in [3.8, 4) is 0 Å². The van der Waals surface area contributed by atoms with Crippen LogP contribution >= 0.6 is 23.2 Å². The van der Waals surface area contributed by atoms with Gasteiger partial charge in [-0.25, -0.2) is 4.98 Å². The zero-order chi connectivity index (χ0) is 19.7. The molecule has 0 N–H and O–H groups in total. The van der Waals surface area contributed by atoms with Gasteiger partial charge in [-0.05, 0) is 23.8 Å². The molecule has 1 saturated heterocycles. The Bertz CT molecular complexity index is 1050. The van der Waals surface area contributed by atoms with E-state index >= 15 is 0 Å². The molecule has 3 aromatic rings. The van der Waals surface area contributed by atoms with Gasteiger partial charge in [-0.15, -0.1) is 0 Å². The van der Waals surface area contributed by atoms with Gasteiger partial charge in [0.1, 0.15) is 12.3 Å². The summed E-state index contributed by atoms with van der Waals surface area (Å²) in [5, 5.41) is 1.20. The summed E-state index contributed by atoms with van der Waals surface area (Å²) in [5.41, 5.74) is 2.19. The predicted molar refractivity (Wildman–Crippen MR) is 105 cm³/mol. The van der Waals surface area contributed by atoms with Crippen LogP contribution < -0.4 is 0 Å². The largest absolute Gasteiger partial charge is 0.459 e. The van der Waals surface area contributed by atoms with Gasteiger partial charge in [0.05, 0.1) is 16.6 Å². The average Bonchev–Trinajstić information content (AvgIpc) is 3.24. The van der Waals surface area contributed by atoms with E-state index in [4.69, 9.17) is 27.9 Å².